The standard InChI is InChI=1S/C6H5BN3O/c1-8-6-3-2-4-10(6)9-7-5-11/h2-5,9H. The van der Waals surface area contributed by atoms with Gasteiger partial charge in [-0.15, -0.1) is 0 Å². The Labute approximate surface area is 64.9 Å². The van der Waals surface area contributed by atoms with Crippen molar-refractivity contribution in [3.05, 3.63) is 29.7 Å². The highest BCUT2D eigenvalue weighted by Crippen LogP contribution is 2.09. The smallest absolute Gasteiger partial charge is 0.362 e. The van der Waals surface area contributed by atoms with Crippen molar-refractivity contribution >= 4 is 19.4 Å². The Morgan fingerprint density at radius 2 is 2.64 bits per heavy atom. The number of carbonyl (C=O) groups is 1. The van der Waals surface area contributed by atoms with Gasteiger partial charge in [-0.05, 0) is 12.1 Å². The van der Waals surface area contributed by atoms with E-state index in [2.05, 4.69) is 10.2 Å². The average molecular weight is 146 g/mol. The van der Waals surface area contributed by atoms with Gasteiger partial charge in [0.15, 0.2) is 0 Å². The van der Waals surface area contributed by atoms with Crippen LogP contribution >= 0.6 is 0 Å². The Bertz CT molecular complexity index is 288. The molecular weight excluding hydrogens is 141 g/mol. The van der Waals surface area contributed by atoms with Gasteiger partial charge in [0.2, 0.25) is 0 Å². The maximum absolute atomic E-state index is 9.89. The number of nitrogens with one attached hydrogen (secondary N) is 1. The molecule has 0 bridgehead atoms. The van der Waals surface area contributed by atoms with Gasteiger partial charge in [-0.3, -0.25) is 0 Å². The first-order valence-electron chi connectivity index (χ1n) is 2.97. The lowest BCUT2D eigenvalue weighted by atomic mass is 10.0. The van der Waals surface area contributed by atoms with E-state index in [1.165, 1.54) is 12.1 Å². The molecule has 0 aliphatic heterocycles. The van der Waals surface area contributed by atoms with Crippen molar-refractivity contribution in [3.8, 4) is 0 Å². The molecule has 1 aromatic rings. The van der Waals surface area contributed by atoms with Gasteiger partial charge in [-0.25, -0.2) is 4.68 Å². The molecule has 0 fully saturated rings. The van der Waals surface area contributed by atoms with Gasteiger partial charge < -0.3 is 15.0 Å². The van der Waals surface area contributed by atoms with Crippen LogP contribution in [0.2, 0.25) is 0 Å². The van der Waals surface area contributed by atoms with E-state index >= 15 is 0 Å². The van der Waals surface area contributed by atoms with Crippen molar-refractivity contribution in [1.82, 2.24) is 4.68 Å². The molecule has 4 nitrogen and oxygen atoms in total. The Morgan fingerprint density at radius 3 is 3.27 bits per heavy atom. The molecule has 5 heteroatoms. The second-order valence-electron chi connectivity index (χ2n) is 1.78. The summed E-state index contributed by atoms with van der Waals surface area (Å²) in [7, 11) is 1.22. The van der Waals surface area contributed by atoms with Crippen molar-refractivity contribution in [3.63, 3.8) is 0 Å². The van der Waals surface area contributed by atoms with E-state index < -0.39 is 0 Å². The van der Waals surface area contributed by atoms with Crippen LogP contribution in [-0.2, 0) is 4.79 Å². The fraction of sp³-hybridized carbons (Fsp3) is 0. The zero-order chi connectivity index (χ0) is 8.10. The molecule has 11 heavy (non-hydrogen) atoms. The van der Waals surface area contributed by atoms with Crippen LogP contribution in [0.3, 0.4) is 0 Å². The van der Waals surface area contributed by atoms with Crippen LogP contribution in [-0.4, -0.2) is 18.3 Å². The molecule has 1 N–H and O–H groups in total. The number of nitrogens with zero attached hydrogens (tertiary/aromatic N) is 2. The van der Waals surface area contributed by atoms with Crippen LogP contribution in [0.15, 0.2) is 18.3 Å². The van der Waals surface area contributed by atoms with Crippen LogP contribution in [0.25, 0.3) is 4.85 Å². The second kappa shape index (κ2) is 3.47. The number of aromatic nitrogens is 1. The van der Waals surface area contributed by atoms with Gasteiger partial charge in [0, 0.05) is 0 Å². The number of carbonyl (C=O) groups excluding carboxylic acids is 1. The van der Waals surface area contributed by atoms with E-state index in [9.17, 15) is 4.79 Å². The Morgan fingerprint density at radius 1 is 1.82 bits per heavy atom. The third-order valence-corrected chi connectivity index (χ3v) is 1.12. The summed E-state index contributed by atoms with van der Waals surface area (Å²) >= 11 is 0. The quantitative estimate of drug-likeness (QED) is 0.380. The topological polar surface area (TPSA) is 38.4 Å². The molecule has 0 saturated heterocycles. The molecule has 0 aliphatic rings. The lowest BCUT2D eigenvalue weighted by Crippen LogP contribution is -2.18. The van der Waals surface area contributed by atoms with E-state index in [0.717, 1.165) is 0 Å². The summed E-state index contributed by atoms with van der Waals surface area (Å²) < 4.78 is 1.46. The molecule has 0 aromatic carbocycles. The molecule has 1 aromatic heterocycles. The average Bonchev–Trinajstić information content (AvgIpc) is 2.47. The van der Waals surface area contributed by atoms with E-state index in [4.69, 9.17) is 6.57 Å². The monoisotopic (exact) mass is 146 g/mol. The predicted molar refractivity (Wildman–Crippen MR) is 42.6 cm³/mol. The van der Waals surface area contributed by atoms with Crippen LogP contribution in [0.5, 0.6) is 0 Å². The fourth-order valence-corrected chi connectivity index (χ4v) is 0.683. The summed E-state index contributed by atoms with van der Waals surface area (Å²) in [6.45, 7) is 6.70. The Hall–Kier alpha value is -1.70. The summed E-state index contributed by atoms with van der Waals surface area (Å²) in [5.41, 5.74) is 0. The number of hydrogen-bond acceptors (Lipinski definition) is 2. The van der Waals surface area contributed by atoms with Crippen molar-refractivity contribution in [2.24, 2.45) is 0 Å². The van der Waals surface area contributed by atoms with Crippen molar-refractivity contribution in [1.29, 1.82) is 0 Å². The summed E-state index contributed by atoms with van der Waals surface area (Å²) in [6, 6.07) is 3.37. The maximum Gasteiger partial charge on any atom is 0.370 e. The summed E-state index contributed by atoms with van der Waals surface area (Å²) in [6.07, 6.45) is 2.28. The van der Waals surface area contributed by atoms with Crippen LogP contribution in [0.4, 0.5) is 5.82 Å². The highest BCUT2D eigenvalue weighted by Gasteiger charge is 1.98. The molecule has 0 aliphatic carbocycles. The van der Waals surface area contributed by atoms with Crippen LogP contribution in [0, 0.1) is 6.57 Å². The van der Waals surface area contributed by atoms with Crippen molar-refractivity contribution < 1.29 is 4.79 Å². The molecule has 0 amide bonds. The van der Waals surface area contributed by atoms with Crippen molar-refractivity contribution in [2.45, 2.75) is 0 Å². The lowest BCUT2D eigenvalue weighted by molar-refractivity contribution is 0.568. The van der Waals surface area contributed by atoms with E-state index in [1.54, 1.807) is 18.3 Å². The van der Waals surface area contributed by atoms with Crippen LogP contribution < -0.4 is 5.34 Å². The Balaban J connectivity index is 2.70. The van der Waals surface area contributed by atoms with E-state index in [1.807, 2.05) is 0 Å². The van der Waals surface area contributed by atoms with Gasteiger partial charge in [0.1, 0.15) is 6.19 Å². The molecule has 1 radical (unpaired) electrons. The van der Waals surface area contributed by atoms with Gasteiger partial charge >= 0.3 is 7.41 Å². The molecular formula is C6H5BN3O. The molecule has 0 saturated carbocycles. The summed E-state index contributed by atoms with van der Waals surface area (Å²) in [5, 5.41) is 2.60. The van der Waals surface area contributed by atoms with Gasteiger partial charge in [-0.1, -0.05) is 6.57 Å². The maximum atomic E-state index is 9.89. The molecule has 0 spiro atoms. The third-order valence-electron chi connectivity index (χ3n) is 1.12. The second-order valence-corrected chi connectivity index (χ2v) is 1.78. The molecule has 53 valence electrons. The largest absolute Gasteiger partial charge is 0.370 e. The third kappa shape index (κ3) is 1.61. The number of rotatable bonds is 3. The zero-order valence-electron chi connectivity index (χ0n) is 5.69. The minimum absolute atomic E-state index is 0.447. The highest BCUT2D eigenvalue weighted by molar-refractivity contribution is 6.68. The molecule has 1 heterocycles. The Kier molecular flexibility index (Phi) is 2.34. The molecule has 1 rings (SSSR count). The normalized spacial score (nSPS) is 8.27. The lowest BCUT2D eigenvalue weighted by Gasteiger charge is -1.99. The predicted octanol–water partition coefficient (Wildman–Crippen LogP) is 0.392. The molecule has 0 unspecified atom stereocenters. The first-order valence-corrected chi connectivity index (χ1v) is 2.97. The van der Waals surface area contributed by atoms with E-state index in [0.29, 0.717) is 12.0 Å². The van der Waals surface area contributed by atoms with Crippen LogP contribution in [0.1, 0.15) is 0 Å². The zero-order valence-corrected chi connectivity index (χ0v) is 5.69. The minimum atomic E-state index is 0.447. The summed E-state index contributed by atoms with van der Waals surface area (Å²) in [4.78, 5) is 13.1. The van der Waals surface area contributed by atoms with Gasteiger partial charge in [0.05, 0.1) is 6.20 Å². The fourth-order valence-electron chi connectivity index (χ4n) is 0.683. The SMILES string of the molecule is [C-]#[N+]c1cccn1N[B]C=O. The first kappa shape index (κ1) is 7.41. The number of hydrogen-bond donors (Lipinski definition) is 1. The van der Waals surface area contributed by atoms with Gasteiger partial charge in [0.25, 0.3) is 5.82 Å². The molecule has 0 atom stereocenters. The highest BCUT2D eigenvalue weighted by atomic mass is 16.1. The van der Waals surface area contributed by atoms with Crippen molar-refractivity contribution in [2.75, 3.05) is 5.34 Å². The summed E-state index contributed by atoms with van der Waals surface area (Å²) in [5.74, 6) is 0.447. The minimum Gasteiger partial charge on any atom is -0.362 e. The first-order chi connectivity index (χ1) is 5.38. The van der Waals surface area contributed by atoms with Gasteiger partial charge in [-0.2, -0.15) is 0 Å². The van der Waals surface area contributed by atoms with E-state index in [-0.39, 0.29) is 0 Å².